The lowest BCUT2D eigenvalue weighted by atomic mass is 10.1. The minimum atomic E-state index is -5.00. The second-order valence-corrected chi connectivity index (χ2v) is 13.8. The van der Waals surface area contributed by atoms with Gasteiger partial charge in [0.05, 0.1) is 32.2 Å². The number of rotatable bonds is 2. The summed E-state index contributed by atoms with van der Waals surface area (Å²) >= 11 is 5.08. The zero-order valence-corrected chi connectivity index (χ0v) is 24.2. The molecule has 3 saturated heterocycles. The normalized spacial score (nSPS) is 36.1. The van der Waals surface area contributed by atoms with Crippen LogP contribution in [0.25, 0.3) is 22.3 Å². The Morgan fingerprint density at radius 2 is 1.61 bits per heavy atom. The lowest BCUT2D eigenvalue weighted by molar-refractivity contribution is -0.0562. The summed E-state index contributed by atoms with van der Waals surface area (Å²) in [5.41, 5.74) is 5.24. The number of hydrogen-bond donors (Lipinski definition) is 3. The summed E-state index contributed by atoms with van der Waals surface area (Å²) in [5, 5.41) is 0. The van der Waals surface area contributed by atoms with Crippen molar-refractivity contribution in [2.45, 2.75) is 49.2 Å². The average Bonchev–Trinajstić information content (AvgIpc) is 3.73. The Morgan fingerprint density at radius 1 is 0.977 bits per heavy atom. The van der Waals surface area contributed by atoms with E-state index in [1.54, 1.807) is 0 Å². The molecule has 7 heterocycles. The molecule has 0 spiro atoms. The van der Waals surface area contributed by atoms with Crippen molar-refractivity contribution in [1.29, 1.82) is 0 Å². The van der Waals surface area contributed by atoms with E-state index in [1.807, 2.05) is 0 Å². The first kappa shape index (κ1) is 29.6. The highest BCUT2D eigenvalue weighted by Gasteiger charge is 2.53. The monoisotopic (exact) mass is 679 g/mol. The molecule has 4 aromatic rings. The summed E-state index contributed by atoms with van der Waals surface area (Å²) in [5.74, 6) is 0.00893. The molecule has 0 radical (unpaired) electrons. The summed E-state index contributed by atoms with van der Waals surface area (Å²) in [6.07, 6.45) is -9.65. The van der Waals surface area contributed by atoms with E-state index >= 15 is 8.78 Å². The third-order valence-electron chi connectivity index (χ3n) is 7.10. The van der Waals surface area contributed by atoms with Gasteiger partial charge in [-0.2, -0.15) is 8.42 Å². The quantitative estimate of drug-likeness (QED) is 0.222. The number of nitrogens with zero attached hydrogens (tertiary/aromatic N) is 7. The Morgan fingerprint density at radius 3 is 2.34 bits per heavy atom. The van der Waals surface area contributed by atoms with E-state index in [0.717, 1.165) is 34.4 Å². The summed E-state index contributed by atoms with van der Waals surface area (Å²) in [7, 11) is -5.00. The van der Waals surface area contributed by atoms with Crippen molar-refractivity contribution >= 4 is 57.1 Å². The number of anilines is 1. The molecule has 4 N–H and O–H groups in total. The molecule has 236 valence electrons. The topological polar surface area (TPSA) is 243 Å². The second kappa shape index (κ2) is 10.8. The van der Waals surface area contributed by atoms with Crippen LogP contribution in [0.4, 0.5) is 14.6 Å². The number of fused-ring (bicyclic) bond motifs is 4. The fraction of sp³-hybridized carbons (Fsp3) is 0.500. The Kier molecular flexibility index (Phi) is 7.23. The van der Waals surface area contributed by atoms with Crippen LogP contribution in [0.1, 0.15) is 12.5 Å². The Bertz CT molecular complexity index is 1960. The highest BCUT2D eigenvalue weighted by atomic mass is 32.5. The van der Waals surface area contributed by atoms with Gasteiger partial charge in [0.25, 0.3) is 5.56 Å². The highest BCUT2D eigenvalue weighted by molar-refractivity contribution is 8.07. The van der Waals surface area contributed by atoms with Crippen LogP contribution in [0.15, 0.2) is 30.1 Å². The smallest absolute Gasteiger partial charge is 0.382 e. The van der Waals surface area contributed by atoms with E-state index in [4.69, 9.17) is 44.4 Å². The van der Waals surface area contributed by atoms with Crippen molar-refractivity contribution in [2.24, 2.45) is 0 Å². The van der Waals surface area contributed by atoms with Crippen molar-refractivity contribution in [1.82, 2.24) is 39.0 Å². The average molecular weight is 680 g/mol. The second-order valence-electron chi connectivity index (χ2n) is 9.75. The molecule has 0 bridgehead atoms. The predicted octanol–water partition coefficient (Wildman–Crippen LogP) is -0.708. The number of hydrogen-bond acceptors (Lipinski definition) is 16. The molecule has 0 amide bonds. The third kappa shape index (κ3) is 5.07. The van der Waals surface area contributed by atoms with Crippen molar-refractivity contribution < 1.29 is 49.0 Å². The molecule has 7 rings (SSSR count). The Hall–Kier alpha value is -3.12. The fourth-order valence-electron chi connectivity index (χ4n) is 5.12. The highest BCUT2D eigenvalue weighted by Crippen LogP contribution is 2.51. The van der Waals surface area contributed by atoms with Crippen molar-refractivity contribution in [3.63, 3.8) is 0 Å². The number of nitrogens with one attached hydrogen (secondary N) is 1. The molecule has 24 heteroatoms. The number of nitrogens with two attached hydrogens (primary N) is 1. The first-order valence-electron chi connectivity index (χ1n) is 12.6. The van der Waals surface area contributed by atoms with E-state index in [-0.39, 0.29) is 28.1 Å². The molecule has 0 saturated carbocycles. The molecule has 44 heavy (non-hydrogen) atoms. The lowest BCUT2D eigenvalue weighted by Gasteiger charge is -2.27. The SMILES string of the molecule is Nc1ncnc2c1ncn2[C@@H]1O[C@@H]2COP(O)(=S)O[C@H]3[C@@H](F)[C@H](n4cnc5c(=O)[nH]cnc54)O[C@@H]3COS(=O)(=O)O[C@H]2[C@H]1F. The largest absolute Gasteiger partial charge is 0.400 e. The van der Waals surface area contributed by atoms with Gasteiger partial charge in [0, 0.05) is 0 Å². The maximum atomic E-state index is 15.9. The number of halogens is 2. The van der Waals surface area contributed by atoms with Crippen LogP contribution in [-0.4, -0.2) is 102 Å². The maximum Gasteiger partial charge on any atom is 0.400 e. The van der Waals surface area contributed by atoms with E-state index in [9.17, 15) is 18.1 Å². The van der Waals surface area contributed by atoms with Crippen LogP contribution in [0, 0.1) is 0 Å². The van der Waals surface area contributed by atoms with Crippen LogP contribution in [0.2, 0.25) is 0 Å². The van der Waals surface area contributed by atoms with Gasteiger partial charge < -0.3 is 29.6 Å². The first-order chi connectivity index (χ1) is 20.9. The van der Waals surface area contributed by atoms with Gasteiger partial charge >= 0.3 is 17.1 Å². The van der Waals surface area contributed by atoms with Gasteiger partial charge in [-0.15, -0.1) is 0 Å². The molecular formula is C20H20F2N9O10PS2. The van der Waals surface area contributed by atoms with Crippen LogP contribution in [0.5, 0.6) is 0 Å². The van der Waals surface area contributed by atoms with Gasteiger partial charge in [0.15, 0.2) is 47.4 Å². The number of H-pyrrole nitrogens is 1. The van der Waals surface area contributed by atoms with Gasteiger partial charge in [-0.3, -0.25) is 18.5 Å². The van der Waals surface area contributed by atoms with Gasteiger partial charge in [-0.05, 0) is 11.8 Å². The number of aromatic amines is 1. The van der Waals surface area contributed by atoms with E-state index in [0.29, 0.717) is 0 Å². The van der Waals surface area contributed by atoms with Crippen LogP contribution in [-0.2, 0) is 49.1 Å². The minimum absolute atomic E-state index is 0.00893. The zero-order valence-electron chi connectivity index (χ0n) is 21.7. The maximum absolute atomic E-state index is 15.9. The van der Waals surface area contributed by atoms with Gasteiger partial charge in [0.1, 0.15) is 36.3 Å². The van der Waals surface area contributed by atoms with E-state index in [1.165, 1.54) is 0 Å². The molecule has 4 aromatic heterocycles. The standard InChI is InChI=1S/C20H20F2N9O10PS2/c21-9-13-8(39-19(9)31-6-29-12-17(31)26-4-27-18(12)32)2-37-44(34,35)41-14-7(1-36-42(33,43)40-13)38-20(10(14)22)30-5-28-11-15(23)24-3-25-16(11)30/h3-10,13-14,19-20H,1-2H2,(H,33,43)(H2,23,24,25)(H,26,27,32)/t7-,8-,9-,10-,13-,14-,19-,20-,42?/m1/s1. The third-order valence-corrected chi connectivity index (χ3v) is 9.54. The predicted molar refractivity (Wildman–Crippen MR) is 143 cm³/mol. The van der Waals surface area contributed by atoms with Crippen molar-refractivity contribution in [3.8, 4) is 0 Å². The van der Waals surface area contributed by atoms with E-state index < -0.39 is 85.1 Å². The number of imidazole rings is 2. The van der Waals surface area contributed by atoms with E-state index in [2.05, 4.69) is 29.9 Å². The van der Waals surface area contributed by atoms with Gasteiger partial charge in [-0.1, -0.05) is 0 Å². The molecule has 0 aromatic carbocycles. The summed E-state index contributed by atoms with van der Waals surface area (Å²) in [4.78, 5) is 45.0. The number of alkyl halides is 2. The molecule has 19 nitrogen and oxygen atoms in total. The summed E-state index contributed by atoms with van der Waals surface area (Å²) in [6.45, 7) is -5.99. The van der Waals surface area contributed by atoms with Crippen LogP contribution >= 0.6 is 6.72 Å². The molecule has 9 atom stereocenters. The fourth-order valence-corrected chi connectivity index (χ4v) is 7.41. The number of ether oxygens (including phenoxy) is 2. The van der Waals surface area contributed by atoms with Crippen molar-refractivity contribution in [3.05, 3.63) is 35.7 Å². The molecule has 3 aliphatic rings. The van der Waals surface area contributed by atoms with Crippen LogP contribution in [0.3, 0.4) is 0 Å². The minimum Gasteiger partial charge on any atom is -0.382 e. The molecule has 0 aliphatic carbocycles. The number of nitrogen functional groups attached to an aromatic ring is 1. The Labute approximate surface area is 248 Å². The lowest BCUT2D eigenvalue weighted by Crippen LogP contribution is -2.40. The van der Waals surface area contributed by atoms with Crippen molar-refractivity contribution in [2.75, 3.05) is 18.9 Å². The Balaban J connectivity index is 1.17. The summed E-state index contributed by atoms with van der Waals surface area (Å²) in [6, 6.07) is 0. The van der Waals surface area contributed by atoms with Gasteiger partial charge in [-0.25, -0.2) is 42.1 Å². The molecule has 3 aliphatic heterocycles. The molecule has 3 fully saturated rings. The van der Waals surface area contributed by atoms with Crippen LogP contribution < -0.4 is 11.3 Å². The molecular weight excluding hydrogens is 659 g/mol. The van der Waals surface area contributed by atoms with Gasteiger partial charge in [0.2, 0.25) is 0 Å². The first-order valence-corrected chi connectivity index (χ1v) is 16.5. The zero-order chi connectivity index (χ0) is 31.0. The molecule has 1 unspecified atom stereocenters. The number of aromatic nitrogens is 8. The summed E-state index contributed by atoms with van der Waals surface area (Å²) < 4.78 is 91.9.